The lowest BCUT2D eigenvalue weighted by atomic mass is 10.2. The van der Waals surface area contributed by atoms with Gasteiger partial charge in [0.15, 0.2) is 0 Å². The summed E-state index contributed by atoms with van der Waals surface area (Å²) in [4.78, 5) is 0. The van der Waals surface area contributed by atoms with Crippen LogP contribution < -0.4 is 0 Å². The summed E-state index contributed by atoms with van der Waals surface area (Å²) >= 11 is 0. The van der Waals surface area contributed by atoms with E-state index in [9.17, 15) is 9.13 Å². The van der Waals surface area contributed by atoms with Gasteiger partial charge in [-0.2, -0.15) is 0 Å². The van der Waals surface area contributed by atoms with Crippen molar-refractivity contribution < 1.29 is 18.2 Å². The van der Waals surface area contributed by atoms with E-state index in [1.54, 1.807) is 0 Å². The van der Waals surface area contributed by atoms with E-state index < -0.39 is 35.4 Å². The Morgan fingerprint density at radius 2 is 0.962 bits per heavy atom. The number of rotatable bonds is 6. The first-order valence-corrected chi connectivity index (χ1v) is 12.9. The Kier molecular flexibility index (Phi) is 8.13. The van der Waals surface area contributed by atoms with Gasteiger partial charge in [-0.05, 0) is 6.42 Å². The molecule has 0 aromatic heterocycles. The molecule has 0 aliphatic heterocycles. The van der Waals surface area contributed by atoms with Gasteiger partial charge in [0, 0.05) is 20.6 Å². The molecule has 1 atom stereocenters. The fraction of sp³-hybridized carbons (Fsp3) is 1.00. The summed E-state index contributed by atoms with van der Waals surface area (Å²) < 4.78 is 39.8. The maximum atomic E-state index is 13.8. The summed E-state index contributed by atoms with van der Waals surface area (Å²) in [6.07, 6.45) is 0.307. The lowest BCUT2D eigenvalue weighted by molar-refractivity contribution is 0.115. The molecule has 26 heavy (non-hydrogen) atoms. The average molecular weight is 411 g/mol. The van der Waals surface area contributed by atoms with Gasteiger partial charge in [0.05, 0.1) is 12.7 Å². The largest absolute Gasteiger partial charge is 0.325 e. The van der Waals surface area contributed by atoms with Crippen molar-refractivity contribution in [3.8, 4) is 0 Å². The topological polar surface area (TPSA) is 52.6 Å². The van der Waals surface area contributed by atoms with Crippen LogP contribution in [0.1, 0.15) is 96.4 Å². The van der Waals surface area contributed by atoms with Crippen molar-refractivity contribution in [3.63, 3.8) is 0 Å². The van der Waals surface area contributed by atoms with Gasteiger partial charge in [-0.3, -0.25) is 9.13 Å². The van der Waals surface area contributed by atoms with Crippen molar-refractivity contribution in [3.05, 3.63) is 0 Å². The molecule has 0 rings (SSSR count). The van der Waals surface area contributed by atoms with Crippen LogP contribution in [-0.2, 0) is 18.2 Å². The molecule has 158 valence electrons. The summed E-state index contributed by atoms with van der Waals surface area (Å²) in [5, 5.41) is -1.89. The molecule has 0 aromatic rings. The highest BCUT2D eigenvalue weighted by Gasteiger charge is 2.50. The van der Waals surface area contributed by atoms with Crippen LogP contribution >= 0.6 is 14.7 Å². The molecule has 0 saturated carbocycles. The molecular weight excluding hydrogens is 366 g/mol. The van der Waals surface area contributed by atoms with Gasteiger partial charge >= 0.3 is 0 Å². The first kappa shape index (κ1) is 26.4. The van der Waals surface area contributed by atoms with Crippen molar-refractivity contribution >= 4 is 14.7 Å². The molecule has 0 bridgehead atoms. The minimum absolute atomic E-state index is 0.193. The maximum absolute atomic E-state index is 13.8. The van der Waals surface area contributed by atoms with Crippen LogP contribution in [0.3, 0.4) is 0 Å². The van der Waals surface area contributed by atoms with Crippen molar-refractivity contribution in [2.75, 3.05) is 6.61 Å². The standard InChI is InChI=1S/C20H44O4P2/c1-14-16(24-26(22,19(8,9)10)20(11,12)13)15-23-25(21,17(2,3)4)18(5,6)7/h16H,14-15H2,1-13H3. The monoisotopic (exact) mass is 410 g/mol. The zero-order chi connectivity index (χ0) is 21.4. The van der Waals surface area contributed by atoms with E-state index in [1.807, 2.05) is 90.0 Å². The zero-order valence-electron chi connectivity index (χ0n) is 19.5. The third-order valence-electron chi connectivity index (χ3n) is 4.73. The first-order valence-electron chi connectivity index (χ1n) is 9.67. The molecule has 0 N–H and O–H groups in total. The minimum Gasteiger partial charge on any atom is -0.325 e. The second kappa shape index (κ2) is 8.02. The van der Waals surface area contributed by atoms with E-state index in [0.717, 1.165) is 0 Å². The highest BCUT2D eigenvalue weighted by Crippen LogP contribution is 2.70. The number of hydrogen-bond acceptors (Lipinski definition) is 4. The van der Waals surface area contributed by atoms with Crippen molar-refractivity contribution in [1.82, 2.24) is 0 Å². The maximum Gasteiger partial charge on any atom is 0.213 e. The van der Waals surface area contributed by atoms with Crippen LogP contribution in [0.4, 0.5) is 0 Å². The van der Waals surface area contributed by atoms with Crippen molar-refractivity contribution in [2.45, 2.75) is 123 Å². The Labute approximate surface area is 163 Å². The second-order valence-electron chi connectivity index (χ2n) is 11.2. The van der Waals surface area contributed by atoms with Crippen LogP contribution in [-0.4, -0.2) is 33.3 Å². The molecule has 6 heteroatoms. The third kappa shape index (κ3) is 5.47. The lowest BCUT2D eigenvalue weighted by Gasteiger charge is -2.43. The second-order valence-corrected chi connectivity index (χ2v) is 19.3. The van der Waals surface area contributed by atoms with Gasteiger partial charge in [-0.25, -0.2) is 0 Å². The molecule has 1 unspecified atom stereocenters. The van der Waals surface area contributed by atoms with Crippen molar-refractivity contribution in [1.29, 1.82) is 0 Å². The Balaban J connectivity index is 5.66. The predicted molar refractivity (Wildman–Crippen MR) is 115 cm³/mol. The van der Waals surface area contributed by atoms with E-state index in [2.05, 4.69) is 0 Å². The van der Waals surface area contributed by atoms with Crippen LogP contribution in [0.2, 0.25) is 0 Å². The molecule has 0 fully saturated rings. The molecule has 0 amide bonds. The third-order valence-corrected chi connectivity index (χ3v) is 12.9. The van der Waals surface area contributed by atoms with E-state index >= 15 is 0 Å². The lowest BCUT2D eigenvalue weighted by Crippen LogP contribution is -2.35. The molecule has 0 heterocycles. The van der Waals surface area contributed by atoms with Gasteiger partial charge < -0.3 is 9.05 Å². The van der Waals surface area contributed by atoms with Gasteiger partial charge in [0.1, 0.15) is 0 Å². The molecular formula is C20H44O4P2. The van der Waals surface area contributed by atoms with Gasteiger partial charge in [-0.1, -0.05) is 90.0 Å². The highest BCUT2D eigenvalue weighted by molar-refractivity contribution is 7.62. The summed E-state index contributed by atoms with van der Waals surface area (Å²) in [6, 6.07) is 0. The SMILES string of the molecule is CCC(COP(=O)(C(C)(C)C)C(C)(C)C)OP(=O)(C(C)(C)C)C(C)(C)C. The van der Waals surface area contributed by atoms with Crippen LogP contribution in [0.15, 0.2) is 0 Å². The zero-order valence-corrected chi connectivity index (χ0v) is 21.3. The van der Waals surface area contributed by atoms with Gasteiger partial charge in [-0.15, -0.1) is 0 Å². The van der Waals surface area contributed by atoms with Gasteiger partial charge in [0.2, 0.25) is 14.7 Å². The Morgan fingerprint density at radius 3 is 1.19 bits per heavy atom. The Bertz CT molecular complexity index is 518. The molecule has 0 aliphatic rings. The fourth-order valence-electron chi connectivity index (χ4n) is 3.34. The summed E-state index contributed by atoms with van der Waals surface area (Å²) in [5.41, 5.74) is 0. The molecule has 4 nitrogen and oxygen atoms in total. The van der Waals surface area contributed by atoms with Crippen LogP contribution in [0.25, 0.3) is 0 Å². The summed E-state index contributed by atoms with van der Waals surface area (Å²) in [7, 11) is -5.96. The van der Waals surface area contributed by atoms with Crippen LogP contribution in [0.5, 0.6) is 0 Å². The van der Waals surface area contributed by atoms with Crippen LogP contribution in [0, 0.1) is 0 Å². The van der Waals surface area contributed by atoms with Gasteiger partial charge in [0.25, 0.3) is 0 Å². The normalized spacial score (nSPS) is 16.7. The Morgan fingerprint density at radius 1 is 0.654 bits per heavy atom. The summed E-state index contributed by atoms with van der Waals surface area (Å²) in [5.74, 6) is 0. The minimum atomic E-state index is -2.99. The quantitative estimate of drug-likeness (QED) is 0.424. The predicted octanol–water partition coefficient (Wildman–Crippen LogP) is 7.55. The van der Waals surface area contributed by atoms with E-state index in [0.29, 0.717) is 6.42 Å². The average Bonchev–Trinajstić information content (AvgIpc) is 2.37. The molecule has 0 aliphatic carbocycles. The first-order chi connectivity index (χ1) is 11.1. The molecule has 0 radical (unpaired) electrons. The van der Waals surface area contributed by atoms with E-state index in [-0.39, 0.29) is 12.7 Å². The molecule has 0 saturated heterocycles. The highest BCUT2D eigenvalue weighted by atomic mass is 31.2. The van der Waals surface area contributed by atoms with E-state index in [4.69, 9.17) is 9.05 Å². The molecule has 0 aromatic carbocycles. The van der Waals surface area contributed by atoms with Crippen molar-refractivity contribution in [2.24, 2.45) is 0 Å². The molecule has 0 spiro atoms. The Hall–Kier alpha value is 0.380. The summed E-state index contributed by atoms with van der Waals surface area (Å²) in [6.45, 7) is 25.7. The van der Waals surface area contributed by atoms with E-state index in [1.165, 1.54) is 0 Å². The fourth-order valence-corrected chi connectivity index (χ4v) is 9.77. The smallest absolute Gasteiger partial charge is 0.213 e. The number of hydrogen-bond donors (Lipinski definition) is 0.